The lowest BCUT2D eigenvalue weighted by molar-refractivity contribution is 0.545. The summed E-state index contributed by atoms with van der Waals surface area (Å²) < 4.78 is 5.64. The highest BCUT2D eigenvalue weighted by atomic mass is 16.3. The third-order valence-corrected chi connectivity index (χ3v) is 3.30. The number of H-pyrrole nitrogens is 1. The molecule has 3 aromatic heterocycles. The molecule has 3 rings (SSSR count). The first-order valence-corrected chi connectivity index (χ1v) is 7.02. The van der Waals surface area contributed by atoms with Crippen molar-refractivity contribution in [2.45, 2.75) is 19.9 Å². The number of nitrogens with one attached hydrogen (secondary N) is 2. The van der Waals surface area contributed by atoms with Crippen LogP contribution >= 0.6 is 0 Å². The van der Waals surface area contributed by atoms with Crippen molar-refractivity contribution in [3.05, 3.63) is 59.7 Å². The first-order valence-electron chi connectivity index (χ1n) is 7.02. The van der Waals surface area contributed by atoms with Crippen molar-refractivity contribution in [2.75, 3.05) is 6.54 Å². The Hall–Kier alpha value is -2.40. The zero-order valence-electron chi connectivity index (χ0n) is 12.0. The summed E-state index contributed by atoms with van der Waals surface area (Å²) in [6.45, 7) is 3.56. The molecule has 0 spiro atoms. The van der Waals surface area contributed by atoms with E-state index in [0.29, 0.717) is 0 Å². The highest BCUT2D eigenvalue weighted by Gasteiger charge is 2.10. The summed E-state index contributed by atoms with van der Waals surface area (Å²) in [7, 11) is 0. The van der Waals surface area contributed by atoms with E-state index in [1.807, 2.05) is 49.6 Å². The Morgan fingerprint density at radius 3 is 2.95 bits per heavy atom. The molecule has 108 valence electrons. The van der Waals surface area contributed by atoms with Gasteiger partial charge in [0.2, 0.25) is 0 Å². The number of aryl methyl sites for hydroxylation is 1. The lowest BCUT2D eigenvalue weighted by atomic mass is 10.2. The number of aromatic amines is 1. The second kappa shape index (κ2) is 6.37. The van der Waals surface area contributed by atoms with Gasteiger partial charge in [-0.2, -0.15) is 5.10 Å². The van der Waals surface area contributed by atoms with E-state index in [9.17, 15) is 0 Å². The van der Waals surface area contributed by atoms with Crippen LogP contribution in [0, 0.1) is 6.92 Å². The molecule has 2 N–H and O–H groups in total. The van der Waals surface area contributed by atoms with Gasteiger partial charge in [-0.05, 0) is 31.2 Å². The Balaban J connectivity index is 1.56. The van der Waals surface area contributed by atoms with Gasteiger partial charge < -0.3 is 9.73 Å². The number of rotatable bonds is 6. The standard InChI is InChI=1S/C16H18N4O/c1-12-5-6-15(21-12)16-13(11-19-20-16)10-17-9-7-14-4-2-3-8-18-14/h2-6,8,11,17H,7,9-10H2,1H3,(H,19,20). The van der Waals surface area contributed by atoms with Crippen molar-refractivity contribution in [1.82, 2.24) is 20.5 Å². The van der Waals surface area contributed by atoms with Crippen LogP contribution < -0.4 is 5.32 Å². The second-order valence-electron chi connectivity index (χ2n) is 4.93. The molecule has 0 aliphatic rings. The Morgan fingerprint density at radius 2 is 2.19 bits per heavy atom. The predicted octanol–water partition coefficient (Wildman–Crippen LogP) is 2.71. The van der Waals surface area contributed by atoms with Gasteiger partial charge in [0.25, 0.3) is 0 Å². The summed E-state index contributed by atoms with van der Waals surface area (Å²) in [4.78, 5) is 4.31. The van der Waals surface area contributed by atoms with Crippen molar-refractivity contribution in [3.63, 3.8) is 0 Å². The molecule has 5 heteroatoms. The van der Waals surface area contributed by atoms with Gasteiger partial charge in [0.1, 0.15) is 11.5 Å². The average Bonchev–Trinajstić information content (AvgIpc) is 3.13. The van der Waals surface area contributed by atoms with Gasteiger partial charge in [0.15, 0.2) is 5.76 Å². The minimum absolute atomic E-state index is 0.748. The highest BCUT2D eigenvalue weighted by Crippen LogP contribution is 2.23. The molecule has 0 fully saturated rings. The number of hydrogen-bond acceptors (Lipinski definition) is 4. The molecule has 0 saturated carbocycles. The minimum atomic E-state index is 0.748. The fourth-order valence-electron chi connectivity index (χ4n) is 2.21. The molecule has 0 unspecified atom stereocenters. The Labute approximate surface area is 123 Å². The van der Waals surface area contributed by atoms with Gasteiger partial charge in [-0.1, -0.05) is 6.07 Å². The van der Waals surface area contributed by atoms with Crippen LogP contribution in [-0.2, 0) is 13.0 Å². The Morgan fingerprint density at radius 1 is 1.24 bits per heavy atom. The van der Waals surface area contributed by atoms with Crippen LogP contribution in [0.15, 0.2) is 47.1 Å². The highest BCUT2D eigenvalue weighted by molar-refractivity contribution is 5.56. The third-order valence-electron chi connectivity index (χ3n) is 3.30. The maximum absolute atomic E-state index is 5.64. The fraction of sp³-hybridized carbons (Fsp3) is 0.250. The number of pyridine rings is 1. The molecule has 0 aromatic carbocycles. The predicted molar refractivity (Wildman–Crippen MR) is 80.7 cm³/mol. The van der Waals surface area contributed by atoms with Crippen LogP contribution in [0.25, 0.3) is 11.5 Å². The van der Waals surface area contributed by atoms with E-state index in [1.54, 1.807) is 0 Å². The van der Waals surface area contributed by atoms with Crippen molar-refractivity contribution in [2.24, 2.45) is 0 Å². The van der Waals surface area contributed by atoms with Crippen LogP contribution in [-0.4, -0.2) is 21.7 Å². The van der Waals surface area contributed by atoms with Crippen molar-refractivity contribution < 1.29 is 4.42 Å². The molecule has 0 atom stereocenters. The van der Waals surface area contributed by atoms with E-state index >= 15 is 0 Å². The molecule has 0 amide bonds. The van der Waals surface area contributed by atoms with E-state index in [4.69, 9.17) is 4.42 Å². The molecule has 3 heterocycles. The summed E-state index contributed by atoms with van der Waals surface area (Å²) in [5, 5.41) is 10.5. The number of furan rings is 1. The molecular weight excluding hydrogens is 264 g/mol. The third kappa shape index (κ3) is 3.38. The quantitative estimate of drug-likeness (QED) is 0.682. The number of nitrogens with zero attached hydrogens (tertiary/aromatic N) is 2. The van der Waals surface area contributed by atoms with Crippen molar-refractivity contribution in [3.8, 4) is 11.5 Å². The molecule has 21 heavy (non-hydrogen) atoms. The monoisotopic (exact) mass is 282 g/mol. The van der Waals surface area contributed by atoms with Gasteiger partial charge in [-0.15, -0.1) is 0 Å². The van der Waals surface area contributed by atoms with Crippen molar-refractivity contribution in [1.29, 1.82) is 0 Å². The zero-order chi connectivity index (χ0) is 14.5. The lowest BCUT2D eigenvalue weighted by Crippen LogP contribution is -2.17. The molecule has 0 aliphatic heterocycles. The Bertz CT molecular complexity index is 687. The topological polar surface area (TPSA) is 66.7 Å². The van der Waals surface area contributed by atoms with Gasteiger partial charge in [-0.25, -0.2) is 0 Å². The molecular formula is C16H18N4O. The second-order valence-corrected chi connectivity index (χ2v) is 4.93. The number of hydrogen-bond donors (Lipinski definition) is 2. The molecule has 3 aromatic rings. The van der Waals surface area contributed by atoms with E-state index < -0.39 is 0 Å². The largest absolute Gasteiger partial charge is 0.460 e. The molecule has 5 nitrogen and oxygen atoms in total. The zero-order valence-corrected chi connectivity index (χ0v) is 12.0. The normalized spacial score (nSPS) is 10.9. The van der Waals surface area contributed by atoms with E-state index in [0.717, 1.165) is 48.0 Å². The Kier molecular flexibility index (Phi) is 4.12. The van der Waals surface area contributed by atoms with E-state index in [1.165, 1.54) is 0 Å². The minimum Gasteiger partial charge on any atom is -0.460 e. The van der Waals surface area contributed by atoms with E-state index in [-0.39, 0.29) is 0 Å². The van der Waals surface area contributed by atoms with E-state index in [2.05, 4.69) is 20.5 Å². The number of aromatic nitrogens is 3. The van der Waals surface area contributed by atoms with Crippen molar-refractivity contribution >= 4 is 0 Å². The smallest absolute Gasteiger partial charge is 0.152 e. The van der Waals surface area contributed by atoms with Crippen LogP contribution in [0.5, 0.6) is 0 Å². The van der Waals surface area contributed by atoms with Gasteiger partial charge in [-0.3, -0.25) is 10.1 Å². The lowest BCUT2D eigenvalue weighted by Gasteiger charge is -2.04. The fourth-order valence-corrected chi connectivity index (χ4v) is 2.21. The summed E-state index contributed by atoms with van der Waals surface area (Å²) >= 11 is 0. The van der Waals surface area contributed by atoms with Crippen LogP contribution in [0.2, 0.25) is 0 Å². The average molecular weight is 282 g/mol. The summed E-state index contributed by atoms with van der Waals surface area (Å²) in [5.74, 6) is 1.72. The van der Waals surface area contributed by atoms with Crippen LogP contribution in [0.1, 0.15) is 17.0 Å². The molecule has 0 saturated heterocycles. The van der Waals surface area contributed by atoms with Crippen LogP contribution in [0.4, 0.5) is 0 Å². The first-order chi connectivity index (χ1) is 10.3. The molecule has 0 aliphatic carbocycles. The molecule has 0 radical (unpaired) electrons. The van der Waals surface area contributed by atoms with Gasteiger partial charge >= 0.3 is 0 Å². The summed E-state index contributed by atoms with van der Waals surface area (Å²) in [5.41, 5.74) is 3.14. The molecule has 0 bridgehead atoms. The van der Waals surface area contributed by atoms with Gasteiger partial charge in [0.05, 0.1) is 6.20 Å². The summed E-state index contributed by atoms with van der Waals surface area (Å²) in [6.07, 6.45) is 4.57. The SMILES string of the molecule is Cc1ccc(-c2[nH]ncc2CNCCc2ccccn2)o1. The maximum Gasteiger partial charge on any atom is 0.152 e. The van der Waals surface area contributed by atoms with Gasteiger partial charge in [0, 0.05) is 37.0 Å². The van der Waals surface area contributed by atoms with Crippen LogP contribution in [0.3, 0.4) is 0 Å². The maximum atomic E-state index is 5.64. The first kappa shape index (κ1) is 13.6. The summed E-state index contributed by atoms with van der Waals surface area (Å²) in [6, 6.07) is 9.89.